The second-order valence-corrected chi connectivity index (χ2v) is 5.43. The minimum absolute atomic E-state index is 0.403. The van der Waals surface area contributed by atoms with Crippen LogP contribution < -0.4 is 5.30 Å². The summed E-state index contributed by atoms with van der Waals surface area (Å²) in [5, 5.41) is 0.800. The molecule has 1 aromatic rings. The summed E-state index contributed by atoms with van der Waals surface area (Å²) in [5.41, 5.74) is 2.08. The molecule has 1 heterocycles. The van der Waals surface area contributed by atoms with E-state index in [1.54, 1.807) is 0 Å². The molecule has 15 heavy (non-hydrogen) atoms. The van der Waals surface area contributed by atoms with Gasteiger partial charge in [-0.2, -0.15) is 0 Å². The number of hydrogen-bond donors (Lipinski definition) is 0. The third-order valence-electron chi connectivity index (χ3n) is 2.55. The summed E-state index contributed by atoms with van der Waals surface area (Å²) in [4.78, 5) is 0. The third kappa shape index (κ3) is 1.76. The maximum Gasteiger partial charge on any atom is 0.362 e. The highest BCUT2D eigenvalue weighted by Gasteiger charge is 2.37. The predicted octanol–water partition coefficient (Wildman–Crippen LogP) is 2.63. The fourth-order valence-electron chi connectivity index (χ4n) is 1.89. The zero-order valence-electron chi connectivity index (χ0n) is 9.03. The highest BCUT2D eigenvalue weighted by atomic mass is 31.2. The molecule has 0 amide bonds. The van der Waals surface area contributed by atoms with Gasteiger partial charge in [0.05, 0.1) is 18.5 Å². The molecule has 0 aromatic heterocycles. The van der Waals surface area contributed by atoms with Gasteiger partial charge in [0.15, 0.2) is 0 Å². The van der Waals surface area contributed by atoms with Gasteiger partial charge in [0.25, 0.3) is 0 Å². The lowest BCUT2D eigenvalue weighted by Gasteiger charge is -2.13. The van der Waals surface area contributed by atoms with Crippen LogP contribution in [0.25, 0.3) is 0 Å². The summed E-state index contributed by atoms with van der Waals surface area (Å²) in [6.45, 7) is 4.69. The smallest absolute Gasteiger partial charge is 0.305 e. The summed E-state index contributed by atoms with van der Waals surface area (Å²) >= 11 is 0. The van der Waals surface area contributed by atoms with Gasteiger partial charge in [0.1, 0.15) is 0 Å². The average Bonchev–Trinajstić information content (AvgIpc) is 2.57. The summed E-state index contributed by atoms with van der Waals surface area (Å²) in [6, 6.07) is 5.91. The van der Waals surface area contributed by atoms with Gasteiger partial charge in [0.2, 0.25) is 0 Å². The van der Waals surface area contributed by atoms with Crippen LogP contribution in [0, 0.1) is 0 Å². The van der Waals surface area contributed by atoms with Crippen LogP contribution in [0.2, 0.25) is 0 Å². The topological polar surface area (TPSA) is 35.5 Å². The van der Waals surface area contributed by atoms with E-state index in [9.17, 15) is 4.57 Å². The number of fused-ring (bicyclic) bond motifs is 1. The lowest BCUT2D eigenvalue weighted by Crippen LogP contribution is -2.12. The maximum atomic E-state index is 12.4. The molecular formula is C11H15O3P. The SMILES string of the molecule is CCOP1(=O)OCc2cccc(CC)c21. The van der Waals surface area contributed by atoms with Crippen LogP contribution in [0.3, 0.4) is 0 Å². The van der Waals surface area contributed by atoms with Crippen LogP contribution >= 0.6 is 7.60 Å². The molecule has 82 valence electrons. The highest BCUT2D eigenvalue weighted by Crippen LogP contribution is 2.53. The van der Waals surface area contributed by atoms with E-state index in [0.29, 0.717) is 13.2 Å². The van der Waals surface area contributed by atoms with Gasteiger partial charge in [-0.05, 0) is 24.5 Å². The van der Waals surface area contributed by atoms with Gasteiger partial charge in [-0.3, -0.25) is 4.57 Å². The predicted molar refractivity (Wildman–Crippen MR) is 59.5 cm³/mol. The lowest BCUT2D eigenvalue weighted by atomic mass is 10.1. The minimum atomic E-state index is -3.01. The van der Waals surface area contributed by atoms with Crippen molar-refractivity contribution in [1.29, 1.82) is 0 Å². The Morgan fingerprint density at radius 3 is 2.93 bits per heavy atom. The molecular weight excluding hydrogens is 211 g/mol. The molecule has 1 aliphatic heterocycles. The van der Waals surface area contributed by atoms with Gasteiger partial charge < -0.3 is 9.05 Å². The monoisotopic (exact) mass is 226 g/mol. The molecule has 1 aliphatic rings. The molecule has 0 saturated carbocycles. The van der Waals surface area contributed by atoms with E-state index in [-0.39, 0.29) is 0 Å². The summed E-state index contributed by atoms with van der Waals surface area (Å²) < 4.78 is 23.0. The van der Waals surface area contributed by atoms with Gasteiger partial charge in [-0.1, -0.05) is 25.1 Å². The van der Waals surface area contributed by atoms with E-state index in [1.165, 1.54) is 0 Å². The zero-order chi connectivity index (χ0) is 10.9. The molecule has 0 spiro atoms. The molecule has 0 aliphatic carbocycles. The van der Waals surface area contributed by atoms with E-state index in [1.807, 2.05) is 32.0 Å². The summed E-state index contributed by atoms with van der Waals surface area (Å²) in [5.74, 6) is 0. The van der Waals surface area contributed by atoms with E-state index < -0.39 is 7.60 Å². The first kappa shape index (κ1) is 10.9. The maximum absolute atomic E-state index is 12.4. The average molecular weight is 226 g/mol. The molecule has 1 atom stereocenters. The van der Waals surface area contributed by atoms with Gasteiger partial charge >= 0.3 is 7.60 Å². The standard InChI is InChI=1S/C11H15O3P/c1-3-9-6-5-7-10-8-14-15(12,11(9)10)13-4-2/h5-7H,3-4,8H2,1-2H3. The van der Waals surface area contributed by atoms with Crippen LogP contribution in [0.1, 0.15) is 25.0 Å². The molecule has 0 N–H and O–H groups in total. The molecule has 1 aromatic carbocycles. The Morgan fingerprint density at radius 2 is 2.27 bits per heavy atom. The summed E-state index contributed by atoms with van der Waals surface area (Å²) in [7, 11) is -3.01. The highest BCUT2D eigenvalue weighted by molar-refractivity contribution is 7.62. The van der Waals surface area contributed by atoms with Crippen molar-refractivity contribution in [2.75, 3.05) is 6.61 Å². The molecule has 3 nitrogen and oxygen atoms in total. The molecule has 0 fully saturated rings. The molecule has 2 rings (SSSR count). The van der Waals surface area contributed by atoms with Crippen molar-refractivity contribution in [3.05, 3.63) is 29.3 Å². The fraction of sp³-hybridized carbons (Fsp3) is 0.455. The third-order valence-corrected chi connectivity index (χ3v) is 4.74. The Hall–Kier alpha value is -0.630. The Kier molecular flexibility index (Phi) is 2.96. The van der Waals surface area contributed by atoms with Crippen molar-refractivity contribution in [2.45, 2.75) is 26.9 Å². The Labute approximate surface area is 89.9 Å². The number of hydrogen-bond acceptors (Lipinski definition) is 3. The number of rotatable bonds is 3. The minimum Gasteiger partial charge on any atom is -0.305 e. The van der Waals surface area contributed by atoms with Gasteiger partial charge in [-0.25, -0.2) is 0 Å². The molecule has 0 bridgehead atoms. The lowest BCUT2D eigenvalue weighted by molar-refractivity contribution is 0.225. The fourth-order valence-corrected chi connectivity index (χ4v) is 3.95. The first-order valence-corrected chi connectivity index (χ1v) is 6.76. The normalized spacial score (nSPS) is 24.1. The molecule has 4 heteroatoms. The van der Waals surface area contributed by atoms with E-state index >= 15 is 0 Å². The first-order chi connectivity index (χ1) is 7.21. The van der Waals surface area contributed by atoms with Gasteiger partial charge in [-0.15, -0.1) is 0 Å². The van der Waals surface area contributed by atoms with Crippen LogP contribution in [-0.4, -0.2) is 6.61 Å². The van der Waals surface area contributed by atoms with E-state index in [4.69, 9.17) is 9.05 Å². The van der Waals surface area contributed by atoms with Crippen LogP contribution in [0.15, 0.2) is 18.2 Å². The van der Waals surface area contributed by atoms with E-state index in [2.05, 4.69) is 0 Å². The van der Waals surface area contributed by atoms with Crippen molar-refractivity contribution in [3.8, 4) is 0 Å². The van der Waals surface area contributed by atoms with Crippen LogP contribution in [0.4, 0.5) is 0 Å². The second-order valence-electron chi connectivity index (χ2n) is 3.47. The van der Waals surface area contributed by atoms with Crippen molar-refractivity contribution in [1.82, 2.24) is 0 Å². The van der Waals surface area contributed by atoms with Crippen molar-refractivity contribution < 1.29 is 13.6 Å². The van der Waals surface area contributed by atoms with Crippen LogP contribution in [-0.2, 0) is 26.6 Å². The van der Waals surface area contributed by atoms with E-state index in [0.717, 1.165) is 22.9 Å². The van der Waals surface area contributed by atoms with Gasteiger partial charge in [0, 0.05) is 0 Å². The van der Waals surface area contributed by atoms with Crippen molar-refractivity contribution in [2.24, 2.45) is 0 Å². The summed E-state index contributed by atoms with van der Waals surface area (Å²) in [6.07, 6.45) is 0.851. The Bertz CT molecular complexity index is 408. The Morgan fingerprint density at radius 1 is 1.47 bits per heavy atom. The van der Waals surface area contributed by atoms with Crippen LogP contribution in [0.5, 0.6) is 0 Å². The zero-order valence-corrected chi connectivity index (χ0v) is 9.92. The molecule has 0 saturated heterocycles. The van der Waals surface area contributed by atoms with Crippen molar-refractivity contribution in [3.63, 3.8) is 0 Å². The largest absolute Gasteiger partial charge is 0.362 e. The quantitative estimate of drug-likeness (QED) is 0.743. The molecule has 0 radical (unpaired) electrons. The first-order valence-electron chi connectivity index (χ1n) is 5.21. The molecule has 1 unspecified atom stereocenters. The van der Waals surface area contributed by atoms with Crippen molar-refractivity contribution >= 4 is 12.9 Å². The number of aryl methyl sites for hydroxylation is 1. The number of benzene rings is 1. The Balaban J connectivity index is 2.52. The second kappa shape index (κ2) is 4.09.